The van der Waals surface area contributed by atoms with Crippen molar-refractivity contribution in [2.24, 2.45) is 11.7 Å². The van der Waals surface area contributed by atoms with Crippen LogP contribution in [0.3, 0.4) is 0 Å². The second-order valence-corrected chi connectivity index (χ2v) is 10.2. The molecule has 3 heterocycles. The van der Waals surface area contributed by atoms with Crippen molar-refractivity contribution < 1.29 is 14.3 Å². The molecule has 1 aromatic carbocycles. The van der Waals surface area contributed by atoms with E-state index in [2.05, 4.69) is 11.2 Å². The maximum absolute atomic E-state index is 13.9. The van der Waals surface area contributed by atoms with E-state index >= 15 is 0 Å². The predicted octanol–water partition coefficient (Wildman–Crippen LogP) is 4.63. The molecule has 0 saturated carbocycles. The zero-order chi connectivity index (χ0) is 29.0. The number of halogens is 1. The summed E-state index contributed by atoms with van der Waals surface area (Å²) in [6.45, 7) is 3.85. The lowest BCUT2D eigenvalue weighted by molar-refractivity contribution is -0.123. The molecule has 0 spiro atoms. The summed E-state index contributed by atoms with van der Waals surface area (Å²) in [5.41, 5.74) is 8.33. The van der Waals surface area contributed by atoms with E-state index in [1.54, 1.807) is 41.0 Å². The number of rotatable bonds is 11. The average Bonchev–Trinajstić information content (AvgIpc) is 3.36. The fourth-order valence-corrected chi connectivity index (χ4v) is 5.18. The molecule has 2 atom stereocenters. The van der Waals surface area contributed by atoms with Gasteiger partial charge in [0.2, 0.25) is 0 Å². The van der Waals surface area contributed by atoms with Gasteiger partial charge in [0, 0.05) is 34.8 Å². The maximum atomic E-state index is 13.9. The highest BCUT2D eigenvalue weighted by Crippen LogP contribution is 2.34. The first-order valence-electron chi connectivity index (χ1n) is 12.9. The highest BCUT2D eigenvalue weighted by Gasteiger charge is 2.29. The van der Waals surface area contributed by atoms with Crippen LogP contribution in [0.2, 0.25) is 5.02 Å². The minimum atomic E-state index is -0.801. The molecular formula is C30H30ClN5O4. The summed E-state index contributed by atoms with van der Waals surface area (Å²) in [6, 6.07) is 11.0. The lowest BCUT2D eigenvalue weighted by Gasteiger charge is -2.26. The lowest BCUT2D eigenvalue weighted by Crippen LogP contribution is -2.35. The molecular weight excluding hydrogens is 530 g/mol. The Bertz CT molecular complexity index is 1680. The van der Waals surface area contributed by atoms with Gasteiger partial charge in [-0.15, -0.1) is 0 Å². The van der Waals surface area contributed by atoms with E-state index in [-0.39, 0.29) is 23.9 Å². The van der Waals surface area contributed by atoms with Crippen molar-refractivity contribution in [2.45, 2.75) is 39.2 Å². The van der Waals surface area contributed by atoms with Crippen molar-refractivity contribution in [3.8, 4) is 22.9 Å². The average molecular weight is 560 g/mol. The van der Waals surface area contributed by atoms with Gasteiger partial charge in [0.15, 0.2) is 11.6 Å². The molecule has 9 nitrogen and oxygen atoms in total. The van der Waals surface area contributed by atoms with E-state index < -0.39 is 11.6 Å². The topological polar surface area (TPSA) is 132 Å². The quantitative estimate of drug-likeness (QED) is 0.265. The van der Waals surface area contributed by atoms with Crippen molar-refractivity contribution >= 4 is 28.7 Å². The fraction of sp³-hybridized carbons (Fsp3) is 0.300. The molecule has 2 N–H and O–H groups in total. The number of methoxy groups -OCH3 is 1. The van der Waals surface area contributed by atoms with E-state index in [9.17, 15) is 19.6 Å². The molecule has 40 heavy (non-hydrogen) atoms. The first kappa shape index (κ1) is 28.7. The van der Waals surface area contributed by atoms with Crippen LogP contribution in [-0.4, -0.2) is 39.4 Å². The van der Waals surface area contributed by atoms with Crippen LogP contribution in [0.25, 0.3) is 16.6 Å². The number of fused-ring (bicyclic) bond motifs is 1. The molecule has 0 radical (unpaired) electrons. The van der Waals surface area contributed by atoms with E-state index in [0.29, 0.717) is 63.5 Å². The van der Waals surface area contributed by atoms with Gasteiger partial charge < -0.3 is 15.0 Å². The summed E-state index contributed by atoms with van der Waals surface area (Å²) in [5.74, 6) is -0.175. The van der Waals surface area contributed by atoms with Crippen molar-refractivity contribution in [3.63, 3.8) is 0 Å². The molecule has 0 bridgehead atoms. The normalized spacial score (nSPS) is 12.6. The number of hydrogen-bond acceptors (Lipinski definition) is 7. The third-order valence-corrected chi connectivity index (χ3v) is 7.27. The summed E-state index contributed by atoms with van der Waals surface area (Å²) >= 11 is 6.19. The first-order chi connectivity index (χ1) is 19.2. The molecule has 206 valence electrons. The maximum Gasteiger partial charge on any atom is 0.252 e. The van der Waals surface area contributed by atoms with Gasteiger partial charge in [-0.1, -0.05) is 18.5 Å². The number of nitrogens with zero attached hydrogens (tertiary/aromatic N) is 4. The van der Waals surface area contributed by atoms with Gasteiger partial charge in [-0.3, -0.25) is 14.4 Å². The molecule has 0 saturated heterocycles. The first-order valence-corrected chi connectivity index (χ1v) is 13.3. The SMILES string of the molecule is COc1cn(C(C(=O)Cc2ccn3ncc(C(C)=O)c3c2)C(C)CCCN)c(=O)cc1-c1cc(Cl)ccc1C#N. The Kier molecular flexibility index (Phi) is 8.83. The number of carbonyl (C=O) groups is 2. The van der Waals surface area contributed by atoms with Crippen LogP contribution in [0.5, 0.6) is 5.75 Å². The number of nitrogens with two attached hydrogens (primary N) is 1. The number of Topliss-reactive ketones (excluding diaryl/α,β-unsaturated/α-hetero) is 2. The molecule has 0 aliphatic rings. The predicted molar refractivity (Wildman–Crippen MR) is 153 cm³/mol. The minimum absolute atomic E-state index is 0.0417. The summed E-state index contributed by atoms with van der Waals surface area (Å²) < 4.78 is 8.63. The van der Waals surface area contributed by atoms with Gasteiger partial charge in [0.25, 0.3) is 5.56 Å². The zero-order valence-electron chi connectivity index (χ0n) is 22.6. The number of ketones is 2. The highest BCUT2D eigenvalue weighted by molar-refractivity contribution is 6.31. The number of aromatic nitrogens is 3. The Labute approximate surface area is 236 Å². The zero-order valence-corrected chi connectivity index (χ0v) is 23.3. The molecule has 10 heteroatoms. The number of pyridine rings is 2. The Balaban J connectivity index is 1.78. The smallest absolute Gasteiger partial charge is 0.252 e. The highest BCUT2D eigenvalue weighted by atomic mass is 35.5. The summed E-state index contributed by atoms with van der Waals surface area (Å²) in [5, 5.41) is 14.2. The van der Waals surface area contributed by atoms with E-state index in [1.807, 2.05) is 6.92 Å². The third kappa shape index (κ3) is 5.83. The summed E-state index contributed by atoms with van der Waals surface area (Å²) in [6.07, 6.45) is 6.10. The lowest BCUT2D eigenvalue weighted by atomic mass is 9.90. The summed E-state index contributed by atoms with van der Waals surface area (Å²) in [4.78, 5) is 39.5. The van der Waals surface area contributed by atoms with E-state index in [0.717, 1.165) is 0 Å². The Hall–Kier alpha value is -4.26. The van der Waals surface area contributed by atoms with Crippen LogP contribution in [0.15, 0.2) is 59.8 Å². The number of carbonyl (C=O) groups excluding carboxylic acids is 2. The van der Waals surface area contributed by atoms with E-state index in [1.165, 1.54) is 37.1 Å². The second-order valence-electron chi connectivity index (χ2n) is 9.78. The van der Waals surface area contributed by atoms with Crippen LogP contribution >= 0.6 is 11.6 Å². The van der Waals surface area contributed by atoms with E-state index in [4.69, 9.17) is 22.1 Å². The van der Waals surface area contributed by atoms with Gasteiger partial charge in [0.05, 0.1) is 48.3 Å². The van der Waals surface area contributed by atoms with Gasteiger partial charge in [-0.05, 0) is 68.1 Å². The fourth-order valence-electron chi connectivity index (χ4n) is 5.01. The Morgan fingerprint density at radius 3 is 2.65 bits per heavy atom. The number of benzene rings is 1. The second kappa shape index (κ2) is 12.3. The molecule has 0 fully saturated rings. The van der Waals surface area contributed by atoms with Crippen LogP contribution in [0.4, 0.5) is 0 Å². The van der Waals surface area contributed by atoms with Gasteiger partial charge >= 0.3 is 0 Å². The van der Waals surface area contributed by atoms with Crippen LogP contribution in [0.1, 0.15) is 54.2 Å². The number of hydrogen-bond donors (Lipinski definition) is 1. The number of nitriles is 1. The molecule has 2 unspecified atom stereocenters. The Morgan fingerprint density at radius 2 is 1.98 bits per heavy atom. The molecule has 0 amide bonds. The van der Waals surface area contributed by atoms with Crippen LogP contribution < -0.4 is 16.0 Å². The monoisotopic (exact) mass is 559 g/mol. The summed E-state index contributed by atoms with van der Waals surface area (Å²) in [7, 11) is 1.46. The molecule has 4 rings (SSSR count). The van der Waals surface area contributed by atoms with Crippen molar-refractivity contribution in [1.29, 1.82) is 5.26 Å². The number of ether oxygens (including phenoxy) is 1. The molecule has 0 aliphatic carbocycles. The van der Waals surface area contributed by atoms with Gasteiger partial charge in [-0.2, -0.15) is 10.4 Å². The Morgan fingerprint density at radius 1 is 1.20 bits per heavy atom. The molecule has 0 aliphatic heterocycles. The molecule has 3 aromatic heterocycles. The van der Waals surface area contributed by atoms with Crippen LogP contribution in [-0.2, 0) is 11.2 Å². The van der Waals surface area contributed by atoms with Crippen LogP contribution in [0, 0.1) is 17.2 Å². The molecule has 4 aromatic rings. The third-order valence-electron chi connectivity index (χ3n) is 7.03. The van der Waals surface area contributed by atoms with Crippen molar-refractivity contribution in [2.75, 3.05) is 13.7 Å². The van der Waals surface area contributed by atoms with Gasteiger partial charge in [0.1, 0.15) is 5.75 Å². The van der Waals surface area contributed by atoms with Gasteiger partial charge in [-0.25, -0.2) is 4.52 Å². The van der Waals surface area contributed by atoms with Crippen molar-refractivity contribution in [3.05, 3.63) is 87.1 Å². The standard InChI is InChI=1S/C30H30ClN5O4/c1-18(5-4-9-32)30(27(38)12-20-8-10-36-26(11-20)25(16-34-36)19(2)37)35-17-28(40-3)24(14-29(35)39)23-13-22(31)7-6-21(23)15-33/h6-8,10-11,13-14,16-18,30H,4-5,9,12,32H2,1-3H3. The largest absolute Gasteiger partial charge is 0.495 e. The van der Waals surface area contributed by atoms with Crippen molar-refractivity contribution in [1.82, 2.24) is 14.2 Å². The minimum Gasteiger partial charge on any atom is -0.495 e.